The monoisotopic (exact) mass is 186 g/mol. The van der Waals surface area contributed by atoms with Gasteiger partial charge in [0.15, 0.2) is 0 Å². The molecule has 0 heterocycles. The van der Waals surface area contributed by atoms with Crippen molar-refractivity contribution < 1.29 is 18.4 Å². The highest BCUT2D eigenvalue weighted by Crippen LogP contribution is 2.17. The fraction of sp³-hybridized carbons (Fsp3) is 0.500. The van der Waals surface area contributed by atoms with Crippen LogP contribution in [-0.4, -0.2) is 17.2 Å². The zero-order valence-corrected chi connectivity index (χ0v) is 6.21. The second-order valence-electron chi connectivity index (χ2n) is 1.63. The third-order valence-corrected chi connectivity index (χ3v) is 0.781. The van der Waals surface area contributed by atoms with Gasteiger partial charge in [-0.25, -0.2) is 0 Å². The second kappa shape index (κ2) is 3.47. The predicted octanol–water partition coefficient (Wildman–Crippen LogP) is -0.0147. The molecule has 0 rings (SSSR count). The number of carbonyl (C=O) groups excluding carboxylic acids is 2. The first kappa shape index (κ1) is 10.1. The van der Waals surface area contributed by atoms with Crippen molar-refractivity contribution in [2.24, 2.45) is 0 Å². The van der Waals surface area contributed by atoms with E-state index >= 15 is 0 Å². The SMILES string of the molecule is CC(=O)NNC(=O)C(F)(F)Cl. The lowest BCUT2D eigenvalue weighted by atomic mass is 10.6. The highest BCUT2D eigenvalue weighted by atomic mass is 35.5. The molecule has 0 saturated heterocycles. The largest absolute Gasteiger partial charge is 0.401 e. The molecule has 64 valence electrons. The average molecular weight is 187 g/mol. The molecule has 11 heavy (non-hydrogen) atoms. The zero-order valence-electron chi connectivity index (χ0n) is 5.45. The topological polar surface area (TPSA) is 58.2 Å². The van der Waals surface area contributed by atoms with Gasteiger partial charge < -0.3 is 0 Å². The number of hydrogen-bond acceptors (Lipinski definition) is 2. The standard InChI is InChI=1S/C4H5ClF2N2O2/c1-2(10)8-9-3(11)4(5,6)7/h1H3,(H,8,10)(H,9,11). The molecule has 0 unspecified atom stereocenters. The van der Waals surface area contributed by atoms with E-state index in [4.69, 9.17) is 0 Å². The Bertz CT molecular complexity index is 179. The van der Waals surface area contributed by atoms with Gasteiger partial charge >= 0.3 is 11.3 Å². The number of hydrazine groups is 1. The van der Waals surface area contributed by atoms with Gasteiger partial charge in [0.1, 0.15) is 0 Å². The first-order chi connectivity index (χ1) is 4.84. The van der Waals surface area contributed by atoms with Crippen LogP contribution in [0.1, 0.15) is 6.92 Å². The maximum absolute atomic E-state index is 11.8. The van der Waals surface area contributed by atoms with Crippen molar-refractivity contribution in [3.63, 3.8) is 0 Å². The summed E-state index contributed by atoms with van der Waals surface area (Å²) in [5, 5.41) is -4.00. The van der Waals surface area contributed by atoms with Crippen molar-refractivity contribution in [3.05, 3.63) is 0 Å². The van der Waals surface area contributed by atoms with E-state index in [1.807, 2.05) is 0 Å². The fourth-order valence-electron chi connectivity index (χ4n) is 0.216. The van der Waals surface area contributed by atoms with E-state index < -0.39 is 17.2 Å². The smallest absolute Gasteiger partial charge is 0.274 e. The molecule has 0 fully saturated rings. The molecule has 0 spiro atoms. The molecular formula is C4H5ClF2N2O2. The summed E-state index contributed by atoms with van der Waals surface area (Å²) < 4.78 is 23.5. The molecule has 0 atom stereocenters. The molecule has 0 aliphatic rings. The summed E-state index contributed by atoms with van der Waals surface area (Å²) in [7, 11) is 0. The third kappa shape index (κ3) is 4.49. The van der Waals surface area contributed by atoms with E-state index in [1.54, 1.807) is 5.43 Å². The molecule has 2 amide bonds. The second-order valence-corrected chi connectivity index (χ2v) is 2.11. The van der Waals surface area contributed by atoms with Crippen LogP contribution in [0.4, 0.5) is 8.78 Å². The van der Waals surface area contributed by atoms with Gasteiger partial charge in [0, 0.05) is 6.92 Å². The number of carbonyl (C=O) groups is 2. The lowest BCUT2D eigenvalue weighted by Gasteiger charge is -2.07. The maximum Gasteiger partial charge on any atom is 0.401 e. The Morgan fingerprint density at radius 3 is 2.09 bits per heavy atom. The minimum absolute atomic E-state index is 0.667. The van der Waals surface area contributed by atoms with Crippen LogP contribution in [0, 0.1) is 0 Å². The number of rotatable bonds is 1. The molecule has 0 saturated carbocycles. The molecule has 0 aromatic heterocycles. The number of hydrogen-bond donors (Lipinski definition) is 2. The van der Waals surface area contributed by atoms with Crippen molar-refractivity contribution in [3.8, 4) is 0 Å². The Morgan fingerprint density at radius 2 is 1.82 bits per heavy atom. The molecule has 0 aliphatic carbocycles. The zero-order chi connectivity index (χ0) is 9.07. The van der Waals surface area contributed by atoms with Crippen LogP contribution in [0.15, 0.2) is 0 Å². The minimum Gasteiger partial charge on any atom is -0.274 e. The number of alkyl halides is 3. The summed E-state index contributed by atoms with van der Waals surface area (Å²) in [6.45, 7) is 1.05. The van der Waals surface area contributed by atoms with Crippen molar-refractivity contribution >= 4 is 23.4 Å². The van der Waals surface area contributed by atoms with Gasteiger partial charge in [-0.1, -0.05) is 0 Å². The van der Waals surface area contributed by atoms with E-state index in [1.165, 1.54) is 5.43 Å². The summed E-state index contributed by atoms with van der Waals surface area (Å²) in [4.78, 5) is 20.2. The Hall–Kier alpha value is -0.910. The summed E-state index contributed by atoms with van der Waals surface area (Å²) in [6.07, 6.45) is 0. The van der Waals surface area contributed by atoms with E-state index in [-0.39, 0.29) is 0 Å². The molecule has 0 radical (unpaired) electrons. The number of amides is 2. The van der Waals surface area contributed by atoms with Crippen LogP contribution in [0.5, 0.6) is 0 Å². The third-order valence-electron chi connectivity index (χ3n) is 0.610. The molecule has 7 heteroatoms. The van der Waals surface area contributed by atoms with Crippen LogP contribution < -0.4 is 10.9 Å². The number of nitrogens with one attached hydrogen (secondary N) is 2. The molecule has 0 bridgehead atoms. The highest BCUT2D eigenvalue weighted by Gasteiger charge is 2.35. The molecule has 2 N–H and O–H groups in total. The maximum atomic E-state index is 11.8. The molecule has 4 nitrogen and oxygen atoms in total. The molecular weight excluding hydrogens is 182 g/mol. The van der Waals surface area contributed by atoms with Crippen LogP contribution in [-0.2, 0) is 9.59 Å². The summed E-state index contributed by atoms with van der Waals surface area (Å²) >= 11 is 4.27. The van der Waals surface area contributed by atoms with Crippen molar-refractivity contribution in [2.45, 2.75) is 12.3 Å². The van der Waals surface area contributed by atoms with E-state index in [0.29, 0.717) is 0 Å². The fourth-order valence-corrected chi connectivity index (χ4v) is 0.263. The molecule has 0 aromatic rings. The van der Waals surface area contributed by atoms with Crippen LogP contribution >= 0.6 is 11.6 Å². The van der Waals surface area contributed by atoms with Gasteiger partial charge in [0.2, 0.25) is 5.91 Å². The Morgan fingerprint density at radius 1 is 1.36 bits per heavy atom. The lowest BCUT2D eigenvalue weighted by molar-refractivity contribution is -0.139. The van der Waals surface area contributed by atoms with Crippen LogP contribution in [0.25, 0.3) is 0 Å². The van der Waals surface area contributed by atoms with Gasteiger partial charge in [-0.2, -0.15) is 8.78 Å². The van der Waals surface area contributed by atoms with Gasteiger partial charge in [-0.3, -0.25) is 20.4 Å². The van der Waals surface area contributed by atoms with Crippen molar-refractivity contribution in [2.75, 3.05) is 0 Å². The Labute approximate surface area is 65.9 Å². The van der Waals surface area contributed by atoms with Crippen LogP contribution in [0.2, 0.25) is 0 Å². The van der Waals surface area contributed by atoms with Crippen LogP contribution in [0.3, 0.4) is 0 Å². The van der Waals surface area contributed by atoms with Crippen molar-refractivity contribution in [1.29, 1.82) is 0 Å². The molecule has 0 aromatic carbocycles. The summed E-state index contributed by atoms with van der Waals surface area (Å²) in [5.41, 5.74) is 3.05. The quantitative estimate of drug-likeness (QED) is 0.447. The summed E-state index contributed by atoms with van der Waals surface area (Å²) in [6, 6.07) is 0. The normalized spacial score (nSPS) is 10.5. The summed E-state index contributed by atoms with van der Waals surface area (Å²) in [5.74, 6) is -2.44. The van der Waals surface area contributed by atoms with Gasteiger partial charge in [-0.05, 0) is 11.6 Å². The van der Waals surface area contributed by atoms with Gasteiger partial charge in [0.25, 0.3) is 0 Å². The average Bonchev–Trinajstić information content (AvgIpc) is 1.80. The lowest BCUT2D eigenvalue weighted by Crippen LogP contribution is -2.46. The van der Waals surface area contributed by atoms with E-state index in [9.17, 15) is 18.4 Å². The Kier molecular flexibility index (Phi) is 3.18. The number of halogens is 3. The van der Waals surface area contributed by atoms with Gasteiger partial charge in [-0.15, -0.1) is 0 Å². The van der Waals surface area contributed by atoms with E-state index in [2.05, 4.69) is 11.6 Å². The van der Waals surface area contributed by atoms with E-state index in [0.717, 1.165) is 6.92 Å². The van der Waals surface area contributed by atoms with Gasteiger partial charge in [0.05, 0.1) is 0 Å². The first-order valence-corrected chi connectivity index (χ1v) is 2.85. The van der Waals surface area contributed by atoms with Crippen molar-refractivity contribution in [1.82, 2.24) is 10.9 Å². The Balaban J connectivity index is 3.80. The highest BCUT2D eigenvalue weighted by molar-refractivity contribution is 6.32. The first-order valence-electron chi connectivity index (χ1n) is 2.48. The molecule has 0 aliphatic heterocycles. The minimum atomic E-state index is -4.00. The predicted molar refractivity (Wildman–Crippen MR) is 32.8 cm³/mol.